The van der Waals surface area contributed by atoms with E-state index in [1.165, 1.54) is 12.1 Å². The molecule has 0 aliphatic heterocycles. The van der Waals surface area contributed by atoms with E-state index in [2.05, 4.69) is 10.3 Å². The van der Waals surface area contributed by atoms with Crippen LogP contribution in [0.2, 0.25) is 5.02 Å². The van der Waals surface area contributed by atoms with Crippen molar-refractivity contribution in [3.63, 3.8) is 0 Å². The van der Waals surface area contributed by atoms with Crippen LogP contribution in [0.3, 0.4) is 0 Å². The van der Waals surface area contributed by atoms with Gasteiger partial charge >= 0.3 is 0 Å². The second-order valence-electron chi connectivity index (χ2n) is 3.87. The number of hydrogen-bond donors (Lipinski definition) is 1. The molecule has 0 amide bonds. The Balaban J connectivity index is 2.19. The highest BCUT2D eigenvalue weighted by atomic mass is 35.5. The Hall–Kier alpha value is -1.46. The highest BCUT2D eigenvalue weighted by molar-refractivity contribution is 6.31. The summed E-state index contributed by atoms with van der Waals surface area (Å²) in [6, 6.07) is 4.11. The lowest BCUT2D eigenvalue weighted by Crippen LogP contribution is -2.05. The second-order valence-corrected chi connectivity index (χ2v) is 4.27. The zero-order valence-electron chi connectivity index (χ0n) is 9.27. The van der Waals surface area contributed by atoms with Crippen LogP contribution in [-0.4, -0.2) is 15.0 Å². The molecule has 1 heterocycles. The van der Waals surface area contributed by atoms with E-state index in [-0.39, 0.29) is 11.9 Å². The van der Waals surface area contributed by atoms with Crippen molar-refractivity contribution in [1.29, 1.82) is 0 Å². The molecule has 2 N–H and O–H groups in total. The third-order valence-electron chi connectivity index (χ3n) is 2.37. The van der Waals surface area contributed by atoms with Crippen LogP contribution in [0.5, 0.6) is 0 Å². The molecule has 17 heavy (non-hydrogen) atoms. The van der Waals surface area contributed by atoms with Crippen molar-refractivity contribution in [2.45, 2.75) is 19.5 Å². The zero-order chi connectivity index (χ0) is 12.4. The molecule has 0 saturated heterocycles. The predicted molar refractivity (Wildman–Crippen MR) is 63.1 cm³/mol. The fourth-order valence-electron chi connectivity index (χ4n) is 1.42. The molecule has 0 saturated carbocycles. The van der Waals surface area contributed by atoms with E-state index < -0.39 is 0 Å². The lowest BCUT2D eigenvalue weighted by molar-refractivity contribution is 0.621. The minimum Gasteiger partial charge on any atom is -0.323 e. The molecule has 2 rings (SSSR count). The number of rotatable bonds is 3. The normalized spacial score (nSPS) is 12.7. The molecule has 4 nitrogen and oxygen atoms in total. The lowest BCUT2D eigenvalue weighted by Gasteiger charge is -2.03. The Kier molecular flexibility index (Phi) is 3.40. The standard InChI is InChI=1S/C11H12ClFN4/c1-7(14)11-6-17(16-15-11)5-8-2-3-9(13)4-10(8)12/h2-4,6-7H,5,14H2,1H3. The average Bonchev–Trinajstić information content (AvgIpc) is 2.71. The Morgan fingerprint density at radius 2 is 2.29 bits per heavy atom. The van der Waals surface area contributed by atoms with E-state index in [9.17, 15) is 4.39 Å². The van der Waals surface area contributed by atoms with Gasteiger partial charge in [-0.05, 0) is 24.6 Å². The van der Waals surface area contributed by atoms with Crippen LogP contribution in [0.4, 0.5) is 4.39 Å². The molecule has 0 spiro atoms. The minimum atomic E-state index is -0.353. The van der Waals surface area contributed by atoms with Crippen molar-refractivity contribution in [3.8, 4) is 0 Å². The van der Waals surface area contributed by atoms with Crippen LogP contribution >= 0.6 is 11.6 Å². The lowest BCUT2D eigenvalue weighted by atomic mass is 10.2. The van der Waals surface area contributed by atoms with Gasteiger partial charge in [-0.2, -0.15) is 0 Å². The fourth-order valence-corrected chi connectivity index (χ4v) is 1.65. The van der Waals surface area contributed by atoms with Gasteiger partial charge in [-0.15, -0.1) is 5.10 Å². The van der Waals surface area contributed by atoms with Gasteiger partial charge in [-0.3, -0.25) is 0 Å². The van der Waals surface area contributed by atoms with Gasteiger partial charge in [0.15, 0.2) is 0 Å². The molecule has 2 aromatic rings. The van der Waals surface area contributed by atoms with Gasteiger partial charge in [0.05, 0.1) is 18.4 Å². The first-order valence-corrected chi connectivity index (χ1v) is 5.53. The van der Waals surface area contributed by atoms with Crippen molar-refractivity contribution in [3.05, 3.63) is 46.5 Å². The largest absolute Gasteiger partial charge is 0.323 e. The van der Waals surface area contributed by atoms with Crippen molar-refractivity contribution in [2.75, 3.05) is 0 Å². The van der Waals surface area contributed by atoms with Crippen LogP contribution in [0.1, 0.15) is 24.2 Å². The van der Waals surface area contributed by atoms with E-state index in [4.69, 9.17) is 17.3 Å². The predicted octanol–water partition coefficient (Wildman–Crippen LogP) is 2.14. The number of benzene rings is 1. The van der Waals surface area contributed by atoms with Gasteiger partial charge in [-0.1, -0.05) is 22.9 Å². The summed E-state index contributed by atoms with van der Waals surface area (Å²) in [5.74, 6) is -0.353. The number of hydrogen-bond acceptors (Lipinski definition) is 3. The zero-order valence-corrected chi connectivity index (χ0v) is 10.0. The van der Waals surface area contributed by atoms with Gasteiger partial charge in [0.1, 0.15) is 5.82 Å². The SMILES string of the molecule is CC(N)c1cn(Cc2ccc(F)cc2Cl)nn1. The van der Waals surface area contributed by atoms with Crippen molar-refractivity contribution >= 4 is 11.6 Å². The fraction of sp³-hybridized carbons (Fsp3) is 0.273. The number of aromatic nitrogens is 3. The van der Waals surface area contributed by atoms with Crippen molar-refractivity contribution in [1.82, 2.24) is 15.0 Å². The topological polar surface area (TPSA) is 56.7 Å². The molecule has 0 aliphatic rings. The van der Waals surface area contributed by atoms with Gasteiger partial charge in [0, 0.05) is 11.1 Å². The first kappa shape index (κ1) is 12.0. The monoisotopic (exact) mass is 254 g/mol. The molecule has 0 fully saturated rings. The molecule has 1 atom stereocenters. The summed E-state index contributed by atoms with van der Waals surface area (Å²) in [4.78, 5) is 0. The number of halogens is 2. The maximum absolute atomic E-state index is 12.9. The molecule has 1 aromatic carbocycles. The van der Waals surface area contributed by atoms with E-state index in [1.54, 1.807) is 16.9 Å². The van der Waals surface area contributed by atoms with Gasteiger partial charge < -0.3 is 5.73 Å². The first-order valence-electron chi connectivity index (χ1n) is 5.16. The Morgan fingerprint density at radius 3 is 2.88 bits per heavy atom. The van der Waals surface area contributed by atoms with Crippen LogP contribution < -0.4 is 5.73 Å². The molecule has 0 aliphatic carbocycles. The van der Waals surface area contributed by atoms with Crippen molar-refractivity contribution < 1.29 is 4.39 Å². The summed E-state index contributed by atoms with van der Waals surface area (Å²) in [7, 11) is 0. The summed E-state index contributed by atoms with van der Waals surface area (Å²) in [5.41, 5.74) is 7.18. The molecular weight excluding hydrogens is 243 g/mol. The summed E-state index contributed by atoms with van der Waals surface area (Å²) < 4.78 is 14.5. The van der Waals surface area contributed by atoms with Crippen LogP contribution in [0.25, 0.3) is 0 Å². The number of nitrogens with zero attached hydrogens (tertiary/aromatic N) is 3. The van der Waals surface area contributed by atoms with Gasteiger partial charge in [-0.25, -0.2) is 9.07 Å². The summed E-state index contributed by atoms with van der Waals surface area (Å²) in [5, 5.41) is 8.24. The Bertz CT molecular complexity index is 524. The Labute approximate surface area is 103 Å². The average molecular weight is 255 g/mol. The van der Waals surface area contributed by atoms with E-state index in [0.29, 0.717) is 17.3 Å². The maximum Gasteiger partial charge on any atom is 0.124 e. The van der Waals surface area contributed by atoms with Crippen molar-refractivity contribution in [2.24, 2.45) is 5.73 Å². The molecule has 6 heteroatoms. The molecule has 0 radical (unpaired) electrons. The quantitative estimate of drug-likeness (QED) is 0.913. The molecule has 1 aromatic heterocycles. The van der Waals surface area contributed by atoms with E-state index in [1.807, 2.05) is 6.92 Å². The number of nitrogens with two attached hydrogens (primary N) is 1. The van der Waals surface area contributed by atoms with Gasteiger partial charge in [0.25, 0.3) is 0 Å². The first-order chi connectivity index (χ1) is 8.06. The maximum atomic E-state index is 12.9. The molecule has 0 bridgehead atoms. The molecule has 90 valence electrons. The summed E-state index contributed by atoms with van der Waals surface area (Å²) in [6.45, 7) is 2.28. The highest BCUT2D eigenvalue weighted by Crippen LogP contribution is 2.18. The van der Waals surface area contributed by atoms with Crippen LogP contribution in [0.15, 0.2) is 24.4 Å². The van der Waals surface area contributed by atoms with E-state index >= 15 is 0 Å². The third kappa shape index (κ3) is 2.81. The molecular formula is C11H12ClFN4. The second kappa shape index (κ2) is 4.81. The smallest absolute Gasteiger partial charge is 0.124 e. The molecule has 1 unspecified atom stereocenters. The Morgan fingerprint density at radius 1 is 1.53 bits per heavy atom. The van der Waals surface area contributed by atoms with Crippen LogP contribution in [-0.2, 0) is 6.54 Å². The summed E-state index contributed by atoms with van der Waals surface area (Å²) in [6.07, 6.45) is 1.75. The minimum absolute atomic E-state index is 0.160. The third-order valence-corrected chi connectivity index (χ3v) is 2.72. The highest BCUT2D eigenvalue weighted by Gasteiger charge is 2.07. The van der Waals surface area contributed by atoms with Crippen LogP contribution in [0, 0.1) is 5.82 Å². The van der Waals surface area contributed by atoms with Gasteiger partial charge in [0.2, 0.25) is 0 Å². The summed E-state index contributed by atoms with van der Waals surface area (Å²) >= 11 is 5.92. The van der Waals surface area contributed by atoms with E-state index in [0.717, 1.165) is 5.56 Å².